The van der Waals surface area contributed by atoms with Gasteiger partial charge in [-0.05, 0) is 71.5 Å². The molecule has 2 aromatic carbocycles. The average Bonchev–Trinajstić information content (AvgIpc) is 2.99. The first-order valence-electron chi connectivity index (χ1n) is 10.4. The van der Waals surface area contributed by atoms with E-state index in [1.54, 1.807) is 7.11 Å². The Hall–Kier alpha value is -1.23. The standard InChI is InChI=1S/C24H30BrClN2O/c1-23(2,3)15-27-13-11-24(12-14-27)16-28(19-8-6-5-7-17(19)25)22-20(29-4)10-9-18(26)21(22)24/h5-10H,11-16H2,1-4H3. The number of anilines is 2. The average molecular weight is 478 g/mol. The quantitative estimate of drug-likeness (QED) is 0.492. The summed E-state index contributed by atoms with van der Waals surface area (Å²) in [5, 5.41) is 0.861. The molecule has 0 amide bonds. The molecule has 156 valence electrons. The van der Waals surface area contributed by atoms with Gasteiger partial charge < -0.3 is 14.5 Å². The topological polar surface area (TPSA) is 15.7 Å². The van der Waals surface area contributed by atoms with Gasteiger partial charge in [0, 0.05) is 33.6 Å². The highest BCUT2D eigenvalue weighted by molar-refractivity contribution is 9.10. The number of hydrogen-bond donors (Lipinski definition) is 0. The predicted octanol–water partition coefficient (Wildman–Crippen LogP) is 6.64. The second-order valence-corrected chi connectivity index (χ2v) is 10.9. The van der Waals surface area contributed by atoms with Gasteiger partial charge in [0.15, 0.2) is 0 Å². The fraction of sp³-hybridized carbons (Fsp3) is 0.500. The number of ether oxygens (including phenoxy) is 1. The van der Waals surface area contributed by atoms with E-state index >= 15 is 0 Å². The molecule has 1 spiro atoms. The molecule has 4 rings (SSSR count). The zero-order valence-electron chi connectivity index (χ0n) is 17.8. The van der Waals surface area contributed by atoms with Gasteiger partial charge in [-0.1, -0.05) is 44.5 Å². The van der Waals surface area contributed by atoms with E-state index < -0.39 is 0 Å². The number of fused-ring (bicyclic) bond motifs is 2. The van der Waals surface area contributed by atoms with Crippen LogP contribution in [0.3, 0.4) is 0 Å². The van der Waals surface area contributed by atoms with Gasteiger partial charge in [-0.2, -0.15) is 0 Å². The van der Waals surface area contributed by atoms with Crippen molar-refractivity contribution in [3.05, 3.63) is 51.5 Å². The van der Waals surface area contributed by atoms with Crippen LogP contribution >= 0.6 is 27.5 Å². The summed E-state index contributed by atoms with van der Waals surface area (Å²) < 4.78 is 6.89. The van der Waals surface area contributed by atoms with E-state index in [1.165, 1.54) is 11.3 Å². The lowest BCUT2D eigenvalue weighted by Gasteiger charge is -2.42. The van der Waals surface area contributed by atoms with E-state index in [4.69, 9.17) is 16.3 Å². The van der Waals surface area contributed by atoms with Gasteiger partial charge in [0.05, 0.1) is 18.5 Å². The van der Waals surface area contributed by atoms with Crippen LogP contribution in [0, 0.1) is 5.41 Å². The zero-order chi connectivity index (χ0) is 20.8. The first-order chi connectivity index (χ1) is 13.7. The first kappa shape index (κ1) is 21.0. The van der Waals surface area contributed by atoms with Crippen LogP contribution in [0.25, 0.3) is 0 Å². The van der Waals surface area contributed by atoms with Gasteiger partial charge in [0.2, 0.25) is 0 Å². The normalized spacial score (nSPS) is 18.9. The molecule has 0 aliphatic carbocycles. The van der Waals surface area contributed by atoms with Crippen molar-refractivity contribution in [2.75, 3.05) is 38.2 Å². The van der Waals surface area contributed by atoms with Crippen LogP contribution in [0.4, 0.5) is 11.4 Å². The Kier molecular flexibility index (Phi) is 5.65. The SMILES string of the molecule is COc1ccc(Cl)c2c1N(c1ccccc1Br)CC21CCN(CC(C)(C)C)CC1. The molecule has 2 aliphatic rings. The molecule has 1 fully saturated rings. The van der Waals surface area contributed by atoms with Crippen molar-refractivity contribution < 1.29 is 4.74 Å². The van der Waals surface area contributed by atoms with E-state index in [0.717, 1.165) is 60.0 Å². The summed E-state index contributed by atoms with van der Waals surface area (Å²) in [6.45, 7) is 11.2. The van der Waals surface area contributed by atoms with Crippen LogP contribution in [-0.4, -0.2) is 38.2 Å². The molecule has 3 nitrogen and oxygen atoms in total. The summed E-state index contributed by atoms with van der Waals surface area (Å²) in [5.41, 5.74) is 3.95. The van der Waals surface area contributed by atoms with Crippen LogP contribution < -0.4 is 9.64 Å². The van der Waals surface area contributed by atoms with Gasteiger partial charge in [-0.15, -0.1) is 0 Å². The first-order valence-corrected chi connectivity index (χ1v) is 11.5. The number of nitrogens with zero attached hydrogens (tertiary/aromatic N) is 2. The van der Waals surface area contributed by atoms with Crippen molar-refractivity contribution in [3.8, 4) is 5.75 Å². The van der Waals surface area contributed by atoms with Crippen molar-refractivity contribution in [2.45, 2.75) is 39.0 Å². The molecule has 0 unspecified atom stereocenters. The van der Waals surface area contributed by atoms with E-state index in [1.807, 2.05) is 12.1 Å². The Morgan fingerprint density at radius 2 is 1.79 bits per heavy atom. The fourth-order valence-electron chi connectivity index (χ4n) is 5.04. The summed E-state index contributed by atoms with van der Waals surface area (Å²) >= 11 is 10.6. The second-order valence-electron chi connectivity index (χ2n) is 9.63. The summed E-state index contributed by atoms with van der Waals surface area (Å²) in [6, 6.07) is 12.4. The molecule has 0 atom stereocenters. The van der Waals surface area contributed by atoms with Gasteiger partial charge in [0.25, 0.3) is 0 Å². The molecule has 2 aliphatic heterocycles. The maximum Gasteiger partial charge on any atom is 0.142 e. The molecule has 2 heterocycles. The third-order valence-corrected chi connectivity index (χ3v) is 7.21. The monoisotopic (exact) mass is 476 g/mol. The van der Waals surface area contributed by atoms with E-state index in [0.29, 0.717) is 5.41 Å². The van der Waals surface area contributed by atoms with Crippen LogP contribution in [0.5, 0.6) is 5.75 Å². The maximum atomic E-state index is 6.85. The third-order valence-electron chi connectivity index (χ3n) is 6.23. The molecular weight excluding hydrogens is 448 g/mol. The van der Waals surface area contributed by atoms with Gasteiger partial charge in [0.1, 0.15) is 5.75 Å². The lowest BCUT2D eigenvalue weighted by atomic mass is 9.74. The summed E-state index contributed by atoms with van der Waals surface area (Å²) in [5.74, 6) is 0.897. The molecule has 2 aromatic rings. The number of likely N-dealkylation sites (tertiary alicyclic amines) is 1. The lowest BCUT2D eigenvalue weighted by molar-refractivity contribution is 0.125. The van der Waals surface area contributed by atoms with Crippen LogP contribution in [0.2, 0.25) is 5.02 Å². The Morgan fingerprint density at radius 1 is 1.10 bits per heavy atom. The Bertz CT molecular complexity index is 900. The van der Waals surface area contributed by atoms with Crippen LogP contribution in [0.15, 0.2) is 40.9 Å². The summed E-state index contributed by atoms with van der Waals surface area (Å²) in [6.07, 6.45) is 2.23. The molecule has 0 N–H and O–H groups in total. The number of methoxy groups -OCH3 is 1. The van der Waals surface area contributed by atoms with Crippen LogP contribution in [0.1, 0.15) is 39.2 Å². The van der Waals surface area contributed by atoms with Gasteiger partial charge >= 0.3 is 0 Å². The summed E-state index contributed by atoms with van der Waals surface area (Å²) in [4.78, 5) is 5.02. The van der Waals surface area contributed by atoms with Gasteiger partial charge in [-0.3, -0.25) is 0 Å². The number of hydrogen-bond acceptors (Lipinski definition) is 3. The number of rotatable bonds is 3. The molecule has 0 bridgehead atoms. The molecule has 0 radical (unpaired) electrons. The highest BCUT2D eigenvalue weighted by Crippen LogP contribution is 2.56. The minimum absolute atomic E-state index is 0.0601. The molecule has 0 saturated carbocycles. The molecule has 5 heteroatoms. The zero-order valence-corrected chi connectivity index (χ0v) is 20.1. The number of benzene rings is 2. The highest BCUT2D eigenvalue weighted by Gasteiger charge is 2.48. The number of halogens is 2. The minimum atomic E-state index is 0.0601. The van der Waals surface area contributed by atoms with E-state index in [9.17, 15) is 0 Å². The Balaban J connectivity index is 1.75. The molecule has 29 heavy (non-hydrogen) atoms. The van der Waals surface area contributed by atoms with Crippen molar-refractivity contribution in [2.24, 2.45) is 5.41 Å². The van der Waals surface area contributed by atoms with E-state index in [-0.39, 0.29) is 5.41 Å². The molecule has 1 saturated heterocycles. The third kappa shape index (κ3) is 3.92. The van der Waals surface area contributed by atoms with Gasteiger partial charge in [-0.25, -0.2) is 0 Å². The lowest BCUT2D eigenvalue weighted by Crippen LogP contribution is -2.46. The van der Waals surface area contributed by atoms with Crippen molar-refractivity contribution in [1.82, 2.24) is 4.90 Å². The number of para-hydroxylation sites is 1. The van der Waals surface area contributed by atoms with Crippen molar-refractivity contribution >= 4 is 38.9 Å². The fourth-order valence-corrected chi connectivity index (χ4v) is 5.89. The van der Waals surface area contributed by atoms with Crippen molar-refractivity contribution in [3.63, 3.8) is 0 Å². The molecule has 0 aromatic heterocycles. The largest absolute Gasteiger partial charge is 0.495 e. The molecular formula is C24H30BrClN2O. The minimum Gasteiger partial charge on any atom is -0.495 e. The maximum absolute atomic E-state index is 6.85. The van der Waals surface area contributed by atoms with E-state index in [2.05, 4.69) is 70.8 Å². The smallest absolute Gasteiger partial charge is 0.142 e. The Labute approximate surface area is 188 Å². The summed E-state index contributed by atoms with van der Waals surface area (Å²) in [7, 11) is 1.75. The number of piperidine rings is 1. The Morgan fingerprint density at radius 3 is 2.41 bits per heavy atom. The second kappa shape index (κ2) is 7.79. The predicted molar refractivity (Wildman–Crippen MR) is 126 cm³/mol. The highest BCUT2D eigenvalue weighted by atomic mass is 79.9. The van der Waals surface area contributed by atoms with Crippen LogP contribution in [-0.2, 0) is 5.41 Å². The van der Waals surface area contributed by atoms with Crippen molar-refractivity contribution in [1.29, 1.82) is 0 Å².